The fourth-order valence-electron chi connectivity index (χ4n) is 4.04. The maximum Gasteiger partial charge on any atom is 0.313 e. The number of hydrogen-bond acceptors (Lipinski definition) is 8. The van der Waals surface area contributed by atoms with Crippen molar-refractivity contribution in [2.45, 2.75) is 32.7 Å². The van der Waals surface area contributed by atoms with E-state index in [9.17, 15) is 14.0 Å². The fourth-order valence-corrected chi connectivity index (χ4v) is 4.70. The molecule has 0 saturated carbocycles. The molecule has 0 radical (unpaired) electrons. The van der Waals surface area contributed by atoms with Crippen LogP contribution in [0.1, 0.15) is 35.3 Å². The first-order valence-electron chi connectivity index (χ1n) is 10.8. The molecule has 11 heteroatoms. The second-order valence-electron chi connectivity index (χ2n) is 8.10. The Labute approximate surface area is 203 Å². The monoisotopic (exact) mass is 492 g/mol. The van der Waals surface area contributed by atoms with Crippen LogP contribution in [0.4, 0.5) is 15.9 Å². The van der Waals surface area contributed by atoms with E-state index in [0.717, 1.165) is 15.8 Å². The van der Waals surface area contributed by atoms with E-state index in [1.165, 1.54) is 40.8 Å². The van der Waals surface area contributed by atoms with Crippen molar-refractivity contribution < 1.29 is 18.7 Å². The van der Waals surface area contributed by atoms with E-state index in [2.05, 4.69) is 20.3 Å². The van der Waals surface area contributed by atoms with Crippen LogP contribution in [-0.2, 0) is 34.1 Å². The number of nitrogen functional groups attached to an aromatic ring is 1. The Hall–Kier alpha value is -3.96. The topological polar surface area (TPSA) is 123 Å². The molecular formula is C24H21FN6O3S. The van der Waals surface area contributed by atoms with Crippen molar-refractivity contribution in [2.24, 2.45) is 0 Å². The number of ether oxygens (including phenoxy) is 1. The van der Waals surface area contributed by atoms with Crippen LogP contribution in [0.2, 0.25) is 0 Å². The van der Waals surface area contributed by atoms with Gasteiger partial charge < -0.3 is 20.7 Å². The number of nitrogens with one attached hydrogen (secondary N) is 1. The van der Waals surface area contributed by atoms with Gasteiger partial charge in [-0.3, -0.25) is 14.6 Å². The van der Waals surface area contributed by atoms with Gasteiger partial charge in [-0.1, -0.05) is 6.07 Å². The molecule has 2 amide bonds. The van der Waals surface area contributed by atoms with Gasteiger partial charge in [0.1, 0.15) is 11.6 Å². The zero-order valence-corrected chi connectivity index (χ0v) is 19.5. The molecule has 3 aromatic heterocycles. The van der Waals surface area contributed by atoms with Crippen LogP contribution in [0, 0.1) is 5.82 Å². The molecule has 0 bridgehead atoms. The highest BCUT2D eigenvalue weighted by Gasteiger charge is 2.31. The molecule has 9 nitrogen and oxygen atoms in total. The minimum absolute atomic E-state index is 0.0537. The lowest BCUT2D eigenvalue weighted by molar-refractivity contribution is -0.145. The molecule has 0 unspecified atom stereocenters. The largest absolute Gasteiger partial charge is 0.383 e. The number of anilines is 2. The van der Waals surface area contributed by atoms with Crippen LogP contribution in [0.5, 0.6) is 0 Å². The molecule has 4 aromatic rings. The van der Waals surface area contributed by atoms with Crippen molar-refractivity contribution in [2.75, 3.05) is 11.1 Å². The number of rotatable bonds is 5. The highest BCUT2D eigenvalue weighted by atomic mass is 32.1. The van der Waals surface area contributed by atoms with E-state index in [0.29, 0.717) is 22.6 Å². The van der Waals surface area contributed by atoms with Crippen molar-refractivity contribution in [1.82, 2.24) is 19.9 Å². The molecule has 1 aliphatic heterocycles. The Morgan fingerprint density at radius 3 is 2.89 bits per heavy atom. The number of hydrogen-bond donors (Lipinski definition) is 2. The van der Waals surface area contributed by atoms with E-state index >= 15 is 0 Å². The molecule has 5 rings (SSSR count). The lowest BCUT2D eigenvalue weighted by Gasteiger charge is -2.29. The summed E-state index contributed by atoms with van der Waals surface area (Å²) >= 11 is 1.50. The van der Waals surface area contributed by atoms with Crippen LogP contribution in [0.15, 0.2) is 48.2 Å². The molecule has 1 aromatic carbocycles. The van der Waals surface area contributed by atoms with Gasteiger partial charge in [0, 0.05) is 23.9 Å². The van der Waals surface area contributed by atoms with Gasteiger partial charge in [-0.2, -0.15) is 0 Å². The number of pyridine rings is 2. The number of fused-ring (bicyclic) bond motifs is 2. The Kier molecular flexibility index (Phi) is 6.10. The zero-order valence-electron chi connectivity index (χ0n) is 18.7. The minimum Gasteiger partial charge on any atom is -0.383 e. The van der Waals surface area contributed by atoms with E-state index < -0.39 is 23.7 Å². The normalized spacial score (nSPS) is 13.4. The van der Waals surface area contributed by atoms with Crippen molar-refractivity contribution in [1.29, 1.82) is 0 Å². The van der Waals surface area contributed by atoms with E-state index in [1.807, 2.05) is 18.2 Å². The van der Waals surface area contributed by atoms with Crippen LogP contribution >= 0.6 is 11.3 Å². The second-order valence-corrected chi connectivity index (χ2v) is 8.98. The third kappa shape index (κ3) is 4.43. The Morgan fingerprint density at radius 2 is 2.06 bits per heavy atom. The average molecular weight is 493 g/mol. The van der Waals surface area contributed by atoms with Crippen molar-refractivity contribution in [3.8, 4) is 0 Å². The molecule has 3 N–H and O–H groups in total. The summed E-state index contributed by atoms with van der Waals surface area (Å²) in [5.41, 5.74) is 10.9. The van der Waals surface area contributed by atoms with Crippen LogP contribution in [0.25, 0.3) is 10.2 Å². The van der Waals surface area contributed by atoms with Gasteiger partial charge in [-0.15, -0.1) is 11.3 Å². The lowest BCUT2D eigenvalue weighted by atomic mass is 10.1. The second kappa shape index (κ2) is 9.35. The van der Waals surface area contributed by atoms with Crippen molar-refractivity contribution in [3.05, 3.63) is 76.4 Å². The molecule has 0 aliphatic carbocycles. The number of benzene rings is 1. The van der Waals surface area contributed by atoms with E-state index in [4.69, 9.17) is 10.5 Å². The number of amides is 2. The molecule has 178 valence electrons. The zero-order chi connectivity index (χ0) is 24.5. The number of aromatic nitrogens is 3. The van der Waals surface area contributed by atoms with Crippen molar-refractivity contribution in [3.63, 3.8) is 0 Å². The number of halogens is 1. The van der Waals surface area contributed by atoms with E-state index in [1.54, 1.807) is 12.4 Å². The smallest absolute Gasteiger partial charge is 0.313 e. The van der Waals surface area contributed by atoms with E-state index in [-0.39, 0.29) is 25.5 Å². The van der Waals surface area contributed by atoms with Crippen LogP contribution in [0.3, 0.4) is 0 Å². The summed E-state index contributed by atoms with van der Waals surface area (Å²) in [5.74, 6) is -1.97. The van der Waals surface area contributed by atoms with Gasteiger partial charge in [0.25, 0.3) is 0 Å². The van der Waals surface area contributed by atoms with Gasteiger partial charge in [0.05, 0.1) is 52.6 Å². The predicted octanol–water partition coefficient (Wildman–Crippen LogP) is 3.57. The Bertz CT molecular complexity index is 1440. The SMILES string of the molecule is C[C@H](c1ncccc1F)N(Cc1ccc2scnc2c1)C(=O)C(=O)Nc1cnc(N)c2c1COC2. The first-order chi connectivity index (χ1) is 16.9. The third-order valence-electron chi connectivity index (χ3n) is 5.93. The summed E-state index contributed by atoms with van der Waals surface area (Å²) in [6, 6.07) is 7.52. The number of nitrogens with two attached hydrogens (primary N) is 1. The summed E-state index contributed by atoms with van der Waals surface area (Å²) < 4.78 is 21.0. The maximum absolute atomic E-state index is 14.6. The summed E-state index contributed by atoms with van der Waals surface area (Å²) in [6.07, 6.45) is 2.85. The highest BCUT2D eigenvalue weighted by molar-refractivity contribution is 7.16. The Morgan fingerprint density at radius 1 is 1.23 bits per heavy atom. The van der Waals surface area contributed by atoms with Crippen LogP contribution < -0.4 is 11.1 Å². The first-order valence-corrected chi connectivity index (χ1v) is 11.7. The highest BCUT2D eigenvalue weighted by Crippen LogP contribution is 2.31. The summed E-state index contributed by atoms with van der Waals surface area (Å²) in [7, 11) is 0. The molecule has 0 saturated heterocycles. The molecule has 0 fully saturated rings. The predicted molar refractivity (Wildman–Crippen MR) is 129 cm³/mol. The number of carbonyl (C=O) groups excluding carboxylic acids is 2. The number of nitrogens with zero attached hydrogens (tertiary/aromatic N) is 4. The van der Waals surface area contributed by atoms with Crippen LogP contribution in [-0.4, -0.2) is 31.7 Å². The van der Waals surface area contributed by atoms with Gasteiger partial charge in [0.15, 0.2) is 0 Å². The third-order valence-corrected chi connectivity index (χ3v) is 6.74. The first kappa shape index (κ1) is 22.8. The summed E-state index contributed by atoms with van der Waals surface area (Å²) in [4.78, 5) is 40.3. The van der Waals surface area contributed by atoms with Gasteiger partial charge >= 0.3 is 11.8 Å². The Balaban J connectivity index is 1.45. The lowest BCUT2D eigenvalue weighted by Crippen LogP contribution is -2.41. The summed E-state index contributed by atoms with van der Waals surface area (Å²) in [5, 5.41) is 2.63. The molecule has 1 atom stereocenters. The molecule has 0 spiro atoms. The summed E-state index contributed by atoms with van der Waals surface area (Å²) in [6.45, 7) is 2.22. The minimum atomic E-state index is -0.886. The molecule has 35 heavy (non-hydrogen) atoms. The average Bonchev–Trinajstić information content (AvgIpc) is 3.54. The fraction of sp³-hybridized carbons (Fsp3) is 0.208. The van der Waals surface area contributed by atoms with Gasteiger partial charge in [-0.25, -0.2) is 14.4 Å². The number of thiazole rings is 1. The molecule has 4 heterocycles. The standard InChI is InChI=1S/C24H21FN6O3S/c1-13(21-17(25)3-2-6-27-21)31(9-14-4-5-20-18(7-14)29-12-35-20)24(33)23(32)30-19-8-28-22(26)16-11-34-10-15(16)19/h2-8,12-13H,9-11H2,1H3,(H2,26,28)(H,30,32)/t13-/m1/s1. The molecule has 1 aliphatic rings. The maximum atomic E-state index is 14.6. The quantitative estimate of drug-likeness (QED) is 0.408. The van der Waals surface area contributed by atoms with Crippen molar-refractivity contribution >= 4 is 44.9 Å². The van der Waals surface area contributed by atoms with Gasteiger partial charge in [0.2, 0.25) is 0 Å². The van der Waals surface area contributed by atoms with Gasteiger partial charge in [-0.05, 0) is 36.8 Å². The molecular weight excluding hydrogens is 471 g/mol. The number of carbonyl (C=O) groups is 2.